The lowest BCUT2D eigenvalue weighted by molar-refractivity contribution is 0.0699. The summed E-state index contributed by atoms with van der Waals surface area (Å²) < 4.78 is 21.4. The first kappa shape index (κ1) is 33.3. The number of carboxylic acids is 1. The number of aryl methyl sites for hydroxylation is 1. The average Bonchev–Trinajstić information content (AvgIpc) is 3.51. The Kier molecular flexibility index (Phi) is 9.59. The Morgan fingerprint density at radius 2 is 1.92 bits per heavy atom. The van der Waals surface area contributed by atoms with Gasteiger partial charge in [-0.1, -0.05) is 25.4 Å². The summed E-state index contributed by atoms with van der Waals surface area (Å²) in [5, 5.41) is 22.2. The maximum absolute atomic E-state index is 14.2. The summed E-state index contributed by atoms with van der Waals surface area (Å²) in [6, 6.07) is 9.21. The Morgan fingerprint density at radius 3 is 2.60 bits per heavy atom. The van der Waals surface area contributed by atoms with Crippen molar-refractivity contribution in [3.8, 4) is 22.9 Å². The minimum Gasteiger partial charge on any atom is -0.491 e. The number of pyridine rings is 2. The van der Waals surface area contributed by atoms with Gasteiger partial charge in [-0.15, -0.1) is 11.3 Å². The number of aromatic nitrogens is 4. The maximum Gasteiger partial charge on any atom is 0.338 e. The molecule has 5 aromatic rings. The van der Waals surface area contributed by atoms with Gasteiger partial charge in [-0.2, -0.15) is 5.26 Å². The SMILES string of the molecule is Cc1nc2c(C(C)C)nc(N3CCN(CCF)CC3)c(C#N)c2c(=O)n1CCOc1ccc(Cl)cc1-c1ccnc2c(C(=O)O)csc12. The molecule has 1 N–H and O–H groups in total. The highest BCUT2D eigenvalue weighted by Gasteiger charge is 2.27. The van der Waals surface area contributed by atoms with Crippen molar-refractivity contribution in [2.75, 3.05) is 50.9 Å². The molecule has 11 nitrogen and oxygen atoms in total. The van der Waals surface area contributed by atoms with Gasteiger partial charge in [0.15, 0.2) is 0 Å². The van der Waals surface area contributed by atoms with Gasteiger partial charge in [0.25, 0.3) is 5.56 Å². The Balaban J connectivity index is 1.35. The highest BCUT2D eigenvalue weighted by Crippen LogP contribution is 2.39. The van der Waals surface area contributed by atoms with Crippen molar-refractivity contribution in [2.45, 2.75) is 33.2 Å². The molecule has 4 aromatic heterocycles. The number of rotatable bonds is 10. The molecule has 0 aliphatic carbocycles. The number of benzene rings is 1. The number of fused-ring (bicyclic) bond motifs is 2. The maximum atomic E-state index is 14.2. The first-order valence-electron chi connectivity index (χ1n) is 15.5. The quantitative estimate of drug-likeness (QED) is 0.189. The van der Waals surface area contributed by atoms with Crippen LogP contribution in [0.3, 0.4) is 0 Å². The zero-order valence-corrected chi connectivity index (χ0v) is 28.2. The molecule has 1 aromatic carbocycles. The smallest absolute Gasteiger partial charge is 0.338 e. The number of nitriles is 1. The molecule has 0 atom stereocenters. The van der Waals surface area contributed by atoms with E-state index in [9.17, 15) is 24.3 Å². The zero-order valence-electron chi connectivity index (χ0n) is 26.7. The number of carboxylic acid groups (broad SMARTS) is 1. The molecule has 1 fully saturated rings. The molecule has 1 saturated heterocycles. The molecule has 0 amide bonds. The van der Waals surface area contributed by atoms with Crippen LogP contribution in [0.2, 0.25) is 5.02 Å². The minimum atomic E-state index is -1.06. The highest BCUT2D eigenvalue weighted by molar-refractivity contribution is 7.18. The van der Waals surface area contributed by atoms with Gasteiger partial charge in [0.2, 0.25) is 0 Å². The average molecular weight is 690 g/mol. The van der Waals surface area contributed by atoms with E-state index in [2.05, 4.69) is 11.1 Å². The van der Waals surface area contributed by atoms with Gasteiger partial charge in [-0.05, 0) is 37.1 Å². The lowest BCUT2D eigenvalue weighted by Crippen LogP contribution is -2.47. The van der Waals surface area contributed by atoms with Crippen molar-refractivity contribution < 1.29 is 19.0 Å². The summed E-state index contributed by atoms with van der Waals surface area (Å²) in [6.07, 6.45) is 1.55. The van der Waals surface area contributed by atoms with Gasteiger partial charge >= 0.3 is 5.97 Å². The molecule has 0 bridgehead atoms. The predicted octanol–water partition coefficient (Wildman–Crippen LogP) is 5.89. The number of thiophene rings is 1. The summed E-state index contributed by atoms with van der Waals surface area (Å²) in [4.78, 5) is 43.9. The monoisotopic (exact) mass is 689 g/mol. The third-order valence-corrected chi connectivity index (χ3v) is 9.76. The van der Waals surface area contributed by atoms with Crippen molar-refractivity contribution in [1.82, 2.24) is 24.4 Å². The van der Waals surface area contributed by atoms with Gasteiger partial charge in [0.1, 0.15) is 47.8 Å². The highest BCUT2D eigenvalue weighted by atomic mass is 35.5. The van der Waals surface area contributed by atoms with E-state index >= 15 is 0 Å². The number of ether oxygens (including phenoxy) is 1. The lowest BCUT2D eigenvalue weighted by atomic mass is 10.0. The van der Waals surface area contributed by atoms with Crippen LogP contribution in [0.5, 0.6) is 5.75 Å². The van der Waals surface area contributed by atoms with Crippen LogP contribution in [0.4, 0.5) is 10.2 Å². The minimum absolute atomic E-state index is 0.0600. The normalized spacial score (nSPS) is 13.8. The number of piperazine rings is 1. The summed E-state index contributed by atoms with van der Waals surface area (Å²) in [5.74, 6) is 0.291. The molecular formula is C34H33ClFN7O4S. The number of anilines is 1. The predicted molar refractivity (Wildman–Crippen MR) is 184 cm³/mol. The lowest BCUT2D eigenvalue weighted by Gasteiger charge is -2.35. The Labute approximate surface area is 284 Å². The molecule has 1 aliphatic heterocycles. The van der Waals surface area contributed by atoms with Crippen LogP contribution in [0, 0.1) is 18.3 Å². The molecule has 5 heterocycles. The van der Waals surface area contributed by atoms with E-state index in [0.29, 0.717) is 82.1 Å². The summed E-state index contributed by atoms with van der Waals surface area (Å²) in [6.45, 7) is 8.25. The van der Waals surface area contributed by atoms with Crippen LogP contribution in [0.15, 0.2) is 40.6 Å². The molecule has 1 aliphatic rings. The number of alkyl halides is 1. The Hall–Kier alpha value is -4.64. The van der Waals surface area contributed by atoms with E-state index in [4.69, 9.17) is 26.3 Å². The molecule has 0 saturated carbocycles. The van der Waals surface area contributed by atoms with Crippen LogP contribution in [-0.2, 0) is 6.54 Å². The van der Waals surface area contributed by atoms with E-state index in [1.165, 1.54) is 15.9 Å². The molecule has 248 valence electrons. The fourth-order valence-electron chi connectivity index (χ4n) is 6.09. The molecule has 48 heavy (non-hydrogen) atoms. The van der Waals surface area contributed by atoms with Gasteiger partial charge in [-0.3, -0.25) is 19.2 Å². The number of carbonyl (C=O) groups is 1. The second-order valence-corrected chi connectivity index (χ2v) is 13.1. The van der Waals surface area contributed by atoms with Crippen LogP contribution in [0.25, 0.3) is 32.2 Å². The topological polar surface area (TPSA) is 137 Å². The van der Waals surface area contributed by atoms with Crippen LogP contribution in [0.1, 0.15) is 47.2 Å². The fraction of sp³-hybridized carbons (Fsp3) is 0.353. The third kappa shape index (κ3) is 6.19. The first-order valence-corrected chi connectivity index (χ1v) is 16.8. The van der Waals surface area contributed by atoms with Gasteiger partial charge in [-0.25, -0.2) is 19.2 Å². The molecule has 0 spiro atoms. The van der Waals surface area contributed by atoms with E-state index < -0.39 is 12.6 Å². The standard InChI is InChI=1S/C34H33ClFN7O4S/c1-19(2)28-30-27(24(17-37)32(40-28)42-12-10-41(9-7-36)11-13-42)33(44)43(20(3)39-30)14-15-47-26-5-4-21(35)16-23(26)22-6-8-38-29-25(34(45)46)18-48-31(22)29/h4-6,8,16,18-19H,7,9-15H2,1-3H3,(H,45,46). The first-order chi connectivity index (χ1) is 23.1. The van der Waals surface area contributed by atoms with Crippen molar-refractivity contribution in [1.29, 1.82) is 5.26 Å². The summed E-state index contributed by atoms with van der Waals surface area (Å²) in [5.41, 5.74) is 2.76. The second-order valence-electron chi connectivity index (χ2n) is 11.8. The van der Waals surface area contributed by atoms with E-state index in [0.717, 1.165) is 5.56 Å². The molecule has 6 rings (SSSR count). The van der Waals surface area contributed by atoms with E-state index in [1.807, 2.05) is 23.6 Å². The number of aromatic carboxylic acids is 1. The van der Waals surface area contributed by atoms with Crippen molar-refractivity contribution in [2.24, 2.45) is 0 Å². The molecule has 14 heteroatoms. The summed E-state index contributed by atoms with van der Waals surface area (Å²) >= 11 is 7.66. The number of hydrogen-bond acceptors (Lipinski definition) is 10. The fourth-order valence-corrected chi connectivity index (χ4v) is 7.29. The van der Waals surface area contributed by atoms with Gasteiger partial charge in [0.05, 0.1) is 33.4 Å². The zero-order chi connectivity index (χ0) is 34.1. The Bertz CT molecular complexity index is 2140. The van der Waals surface area contributed by atoms with E-state index in [1.54, 1.807) is 42.8 Å². The third-order valence-electron chi connectivity index (χ3n) is 8.52. The van der Waals surface area contributed by atoms with Crippen LogP contribution < -0.4 is 15.2 Å². The molecular weight excluding hydrogens is 657 g/mol. The number of nitrogens with zero attached hydrogens (tertiary/aromatic N) is 7. The van der Waals surface area contributed by atoms with E-state index in [-0.39, 0.29) is 41.1 Å². The molecule has 0 radical (unpaired) electrons. The number of hydrogen-bond donors (Lipinski definition) is 1. The second kappa shape index (κ2) is 13.8. The van der Waals surface area contributed by atoms with Crippen molar-refractivity contribution in [3.63, 3.8) is 0 Å². The Morgan fingerprint density at radius 1 is 1.15 bits per heavy atom. The largest absolute Gasteiger partial charge is 0.491 e. The molecule has 0 unspecified atom stereocenters. The number of halogens is 2. The van der Waals surface area contributed by atoms with Crippen LogP contribution in [-0.4, -0.2) is 81.5 Å². The summed E-state index contributed by atoms with van der Waals surface area (Å²) in [7, 11) is 0. The van der Waals surface area contributed by atoms with Gasteiger partial charge in [0, 0.05) is 60.5 Å². The van der Waals surface area contributed by atoms with Crippen molar-refractivity contribution in [3.05, 3.63) is 73.9 Å². The van der Waals surface area contributed by atoms with Gasteiger partial charge < -0.3 is 14.7 Å². The van der Waals surface area contributed by atoms with Crippen LogP contribution >= 0.6 is 22.9 Å². The van der Waals surface area contributed by atoms with Crippen molar-refractivity contribution >= 4 is 55.8 Å².